The molecule has 1 aliphatic heterocycles. The van der Waals surface area contributed by atoms with Crippen LogP contribution in [0, 0.1) is 0 Å². The minimum atomic E-state index is -0.260. The van der Waals surface area contributed by atoms with E-state index in [4.69, 9.17) is 9.41 Å². The van der Waals surface area contributed by atoms with Crippen LogP contribution < -0.4 is 5.32 Å². The number of furan rings is 1. The van der Waals surface area contributed by atoms with Crippen molar-refractivity contribution in [2.24, 2.45) is 4.99 Å². The second-order valence-corrected chi connectivity index (χ2v) is 6.54. The highest BCUT2D eigenvalue weighted by atomic mass is 16.3. The molecule has 1 N–H and O–H groups in total. The molecule has 0 saturated heterocycles. The van der Waals surface area contributed by atoms with Crippen LogP contribution in [0.5, 0.6) is 0 Å². The third kappa shape index (κ3) is 2.91. The molecule has 0 aliphatic carbocycles. The summed E-state index contributed by atoms with van der Waals surface area (Å²) in [7, 11) is 0. The lowest BCUT2D eigenvalue weighted by molar-refractivity contribution is 0.0998. The van der Waals surface area contributed by atoms with E-state index in [2.05, 4.69) is 11.4 Å². The molecule has 2 heterocycles. The molecule has 0 unspecified atom stereocenters. The van der Waals surface area contributed by atoms with E-state index < -0.39 is 0 Å². The number of carbonyl (C=O) groups excluding carboxylic acids is 1. The highest BCUT2D eigenvalue weighted by Gasteiger charge is 2.16. The van der Waals surface area contributed by atoms with E-state index in [-0.39, 0.29) is 5.91 Å². The molecular weight excluding hydrogens is 336 g/mol. The minimum Gasteiger partial charge on any atom is -0.451 e. The zero-order valence-electron chi connectivity index (χ0n) is 14.5. The molecule has 4 aromatic rings. The van der Waals surface area contributed by atoms with Gasteiger partial charge in [-0.1, -0.05) is 48.5 Å². The first kappa shape index (κ1) is 15.6. The summed E-state index contributed by atoms with van der Waals surface area (Å²) in [6, 6.07) is 25.3. The fourth-order valence-corrected chi connectivity index (χ4v) is 3.33. The maximum absolute atomic E-state index is 12.4. The van der Waals surface area contributed by atoms with Crippen LogP contribution in [0.25, 0.3) is 11.0 Å². The molecule has 4 nitrogen and oxygen atoms in total. The molecule has 0 fully saturated rings. The van der Waals surface area contributed by atoms with Gasteiger partial charge in [0.05, 0.1) is 11.4 Å². The van der Waals surface area contributed by atoms with Gasteiger partial charge in [0.2, 0.25) is 0 Å². The Labute approximate surface area is 156 Å². The highest BCUT2D eigenvalue weighted by molar-refractivity contribution is 6.07. The molecule has 27 heavy (non-hydrogen) atoms. The zero-order valence-corrected chi connectivity index (χ0v) is 14.5. The van der Waals surface area contributed by atoms with Crippen LogP contribution in [-0.4, -0.2) is 11.6 Å². The molecular formula is C23H16N2O2. The van der Waals surface area contributed by atoms with Crippen LogP contribution in [0.3, 0.4) is 0 Å². The van der Waals surface area contributed by atoms with Gasteiger partial charge in [-0.05, 0) is 41.5 Å². The van der Waals surface area contributed by atoms with Crippen LogP contribution in [0.4, 0.5) is 11.4 Å². The van der Waals surface area contributed by atoms with Gasteiger partial charge in [0.1, 0.15) is 5.58 Å². The first-order valence-corrected chi connectivity index (χ1v) is 8.82. The minimum absolute atomic E-state index is 0.260. The number of nitrogens with zero attached hydrogens (tertiary/aromatic N) is 1. The molecule has 0 bridgehead atoms. The van der Waals surface area contributed by atoms with Gasteiger partial charge in [0.25, 0.3) is 5.91 Å². The SMILES string of the molecule is O=C(Nc1ccc(C2=Nc3ccccc3C2)cc1)c1cc2ccccc2o1. The van der Waals surface area contributed by atoms with Gasteiger partial charge in [-0.25, -0.2) is 0 Å². The fraction of sp³-hybridized carbons (Fsp3) is 0.0435. The molecule has 5 rings (SSSR count). The topological polar surface area (TPSA) is 54.6 Å². The van der Waals surface area contributed by atoms with E-state index in [1.165, 1.54) is 5.56 Å². The quantitative estimate of drug-likeness (QED) is 0.539. The summed E-state index contributed by atoms with van der Waals surface area (Å²) < 4.78 is 5.61. The van der Waals surface area contributed by atoms with Crippen molar-refractivity contribution in [3.8, 4) is 0 Å². The van der Waals surface area contributed by atoms with Gasteiger partial charge in [-0.2, -0.15) is 0 Å². The maximum Gasteiger partial charge on any atom is 0.291 e. The number of para-hydroxylation sites is 2. The number of nitrogens with one attached hydrogen (secondary N) is 1. The van der Waals surface area contributed by atoms with Crippen LogP contribution in [0.2, 0.25) is 0 Å². The second kappa shape index (κ2) is 6.25. The fourth-order valence-electron chi connectivity index (χ4n) is 3.33. The van der Waals surface area contributed by atoms with Crippen LogP contribution >= 0.6 is 0 Å². The Bertz CT molecular complexity index is 1150. The van der Waals surface area contributed by atoms with Crippen LogP contribution in [-0.2, 0) is 6.42 Å². The van der Waals surface area contributed by atoms with Crippen molar-refractivity contribution >= 4 is 34.0 Å². The summed E-state index contributed by atoms with van der Waals surface area (Å²) >= 11 is 0. The maximum atomic E-state index is 12.4. The number of carbonyl (C=O) groups is 1. The highest BCUT2D eigenvalue weighted by Crippen LogP contribution is 2.28. The molecule has 0 atom stereocenters. The molecule has 0 spiro atoms. The average Bonchev–Trinajstić information content (AvgIpc) is 3.32. The zero-order chi connectivity index (χ0) is 18.2. The predicted octanol–water partition coefficient (Wildman–Crippen LogP) is 5.36. The van der Waals surface area contributed by atoms with Crippen molar-refractivity contribution in [1.29, 1.82) is 0 Å². The van der Waals surface area contributed by atoms with Crippen molar-refractivity contribution in [3.05, 3.63) is 95.7 Å². The van der Waals surface area contributed by atoms with Crippen molar-refractivity contribution in [1.82, 2.24) is 0 Å². The summed E-state index contributed by atoms with van der Waals surface area (Å²) in [6.45, 7) is 0. The number of hydrogen-bond donors (Lipinski definition) is 1. The monoisotopic (exact) mass is 352 g/mol. The van der Waals surface area contributed by atoms with Gasteiger partial charge in [-0.3, -0.25) is 9.79 Å². The molecule has 1 aliphatic rings. The summed E-state index contributed by atoms with van der Waals surface area (Å²) in [5.74, 6) is 0.0421. The first-order valence-electron chi connectivity index (χ1n) is 8.82. The van der Waals surface area contributed by atoms with Gasteiger partial charge in [0.15, 0.2) is 5.76 Å². The van der Waals surface area contributed by atoms with E-state index >= 15 is 0 Å². The molecule has 0 saturated carbocycles. The van der Waals surface area contributed by atoms with Crippen molar-refractivity contribution in [2.75, 3.05) is 5.32 Å². The predicted molar refractivity (Wildman–Crippen MR) is 107 cm³/mol. The van der Waals surface area contributed by atoms with Gasteiger partial charge < -0.3 is 9.73 Å². The summed E-state index contributed by atoms with van der Waals surface area (Å²) in [6.07, 6.45) is 0.834. The normalized spacial score (nSPS) is 12.7. The molecule has 0 radical (unpaired) electrons. The number of amides is 1. The van der Waals surface area contributed by atoms with Gasteiger partial charge in [-0.15, -0.1) is 0 Å². The Balaban J connectivity index is 1.33. The summed E-state index contributed by atoms with van der Waals surface area (Å²) in [4.78, 5) is 17.1. The Morgan fingerprint density at radius 1 is 0.926 bits per heavy atom. The van der Waals surface area contributed by atoms with E-state index in [0.29, 0.717) is 11.3 Å². The summed E-state index contributed by atoms with van der Waals surface area (Å²) in [5.41, 5.74) is 5.82. The van der Waals surface area contributed by atoms with Crippen molar-refractivity contribution in [2.45, 2.75) is 6.42 Å². The first-order chi connectivity index (χ1) is 13.3. The lowest BCUT2D eigenvalue weighted by Gasteiger charge is -2.05. The van der Waals surface area contributed by atoms with E-state index in [0.717, 1.165) is 34.5 Å². The van der Waals surface area contributed by atoms with Crippen molar-refractivity contribution in [3.63, 3.8) is 0 Å². The van der Waals surface area contributed by atoms with Crippen LogP contribution in [0.15, 0.2) is 88.3 Å². The summed E-state index contributed by atoms with van der Waals surface area (Å²) in [5, 5.41) is 3.80. The number of aliphatic imine (C=N–C) groups is 1. The standard InChI is InChI=1S/C23H16N2O2/c26-23(22-14-17-6-2-4-8-21(17)27-22)24-18-11-9-15(10-12-18)20-13-16-5-1-3-7-19(16)25-20/h1-12,14H,13H2,(H,24,26). The second-order valence-electron chi connectivity index (χ2n) is 6.54. The Hall–Kier alpha value is -3.66. The number of anilines is 1. The van der Waals surface area contributed by atoms with Gasteiger partial charge in [0, 0.05) is 17.5 Å². The van der Waals surface area contributed by atoms with E-state index in [9.17, 15) is 4.79 Å². The number of hydrogen-bond acceptors (Lipinski definition) is 3. The Morgan fingerprint density at radius 3 is 2.52 bits per heavy atom. The van der Waals surface area contributed by atoms with Crippen LogP contribution in [0.1, 0.15) is 21.7 Å². The van der Waals surface area contributed by atoms with Crippen molar-refractivity contribution < 1.29 is 9.21 Å². The lowest BCUT2D eigenvalue weighted by Crippen LogP contribution is -2.11. The average molecular weight is 352 g/mol. The Morgan fingerprint density at radius 2 is 1.70 bits per heavy atom. The lowest BCUT2D eigenvalue weighted by atomic mass is 10.0. The number of fused-ring (bicyclic) bond motifs is 2. The smallest absolute Gasteiger partial charge is 0.291 e. The number of rotatable bonds is 3. The van der Waals surface area contributed by atoms with Gasteiger partial charge >= 0.3 is 0 Å². The number of benzene rings is 3. The van der Waals surface area contributed by atoms with E-state index in [1.54, 1.807) is 6.07 Å². The molecule has 130 valence electrons. The molecule has 1 aromatic heterocycles. The molecule has 3 aromatic carbocycles. The third-order valence-corrected chi connectivity index (χ3v) is 4.73. The van der Waals surface area contributed by atoms with E-state index in [1.807, 2.05) is 66.7 Å². The molecule has 4 heteroatoms. The third-order valence-electron chi connectivity index (χ3n) is 4.73. The Kier molecular flexibility index (Phi) is 3.61. The molecule has 1 amide bonds. The largest absolute Gasteiger partial charge is 0.451 e.